The van der Waals surface area contributed by atoms with Crippen LogP contribution in [0.1, 0.15) is 43.9 Å². The van der Waals surface area contributed by atoms with Gasteiger partial charge in [-0.2, -0.15) is 5.10 Å². The number of guanidine groups is 1. The van der Waals surface area contributed by atoms with Gasteiger partial charge in [-0.05, 0) is 24.7 Å². The first-order valence-corrected chi connectivity index (χ1v) is 11.4. The van der Waals surface area contributed by atoms with Crippen molar-refractivity contribution >= 4 is 40.0 Å². The molecule has 1 aromatic heterocycles. The standard InChI is InChI=1S/C18H34N6O2S.HI/c1-14(2)17-16(13-23(5)21-17)12-22(4)18(19-3)20-11-15-7-9-24(10-8-15)27(6,25)26;/h13-15H,7-12H2,1-6H3,(H,19,20);1H. The number of nitrogens with zero attached hydrogens (tertiary/aromatic N) is 5. The van der Waals surface area contributed by atoms with Gasteiger partial charge in [-0.25, -0.2) is 12.7 Å². The highest BCUT2D eigenvalue weighted by Gasteiger charge is 2.25. The van der Waals surface area contributed by atoms with Crippen LogP contribution in [-0.4, -0.2) is 73.3 Å². The second kappa shape index (κ2) is 10.8. The molecule has 8 nitrogen and oxygen atoms in total. The van der Waals surface area contributed by atoms with Gasteiger partial charge in [0.25, 0.3) is 0 Å². The summed E-state index contributed by atoms with van der Waals surface area (Å²) in [4.78, 5) is 6.51. The van der Waals surface area contributed by atoms with Gasteiger partial charge in [0.2, 0.25) is 10.0 Å². The summed E-state index contributed by atoms with van der Waals surface area (Å²) in [6.07, 6.45) is 5.11. The average Bonchev–Trinajstić information content (AvgIpc) is 2.95. The van der Waals surface area contributed by atoms with Crippen LogP contribution in [0.5, 0.6) is 0 Å². The molecule has 1 aromatic rings. The maximum atomic E-state index is 11.6. The number of hydrogen-bond donors (Lipinski definition) is 1. The minimum Gasteiger partial charge on any atom is -0.356 e. The third-order valence-electron chi connectivity index (χ3n) is 5.06. The molecule has 0 unspecified atom stereocenters. The molecule has 0 amide bonds. The molecular formula is C18H35IN6O2S. The summed E-state index contributed by atoms with van der Waals surface area (Å²) < 4.78 is 26.7. The molecule has 162 valence electrons. The van der Waals surface area contributed by atoms with E-state index in [0.717, 1.165) is 37.6 Å². The minimum absolute atomic E-state index is 0. The van der Waals surface area contributed by atoms with Crippen molar-refractivity contribution in [1.29, 1.82) is 0 Å². The molecule has 2 rings (SSSR count). The third-order valence-corrected chi connectivity index (χ3v) is 6.36. The molecule has 28 heavy (non-hydrogen) atoms. The molecule has 1 fully saturated rings. The van der Waals surface area contributed by atoms with Gasteiger partial charge in [-0.3, -0.25) is 9.67 Å². The van der Waals surface area contributed by atoms with Gasteiger partial charge >= 0.3 is 0 Å². The molecule has 0 aromatic carbocycles. The molecule has 2 heterocycles. The SMILES string of the molecule is CN=C(NCC1CCN(S(C)(=O)=O)CC1)N(C)Cc1cn(C)nc1C(C)C.I. The number of rotatable bonds is 6. The fourth-order valence-corrected chi connectivity index (χ4v) is 4.43. The van der Waals surface area contributed by atoms with Gasteiger partial charge in [-0.15, -0.1) is 24.0 Å². The number of piperidine rings is 1. The summed E-state index contributed by atoms with van der Waals surface area (Å²) in [5.74, 6) is 1.68. The predicted octanol–water partition coefficient (Wildman–Crippen LogP) is 1.84. The van der Waals surface area contributed by atoms with Crippen molar-refractivity contribution in [3.05, 3.63) is 17.5 Å². The first-order chi connectivity index (χ1) is 12.6. The number of aryl methyl sites for hydroxylation is 1. The lowest BCUT2D eigenvalue weighted by atomic mass is 9.98. The largest absolute Gasteiger partial charge is 0.356 e. The van der Waals surface area contributed by atoms with Crippen molar-refractivity contribution in [3.63, 3.8) is 0 Å². The van der Waals surface area contributed by atoms with Crippen LogP contribution in [0, 0.1) is 5.92 Å². The smallest absolute Gasteiger partial charge is 0.211 e. The highest BCUT2D eigenvalue weighted by Crippen LogP contribution is 2.20. The Morgan fingerprint density at radius 1 is 1.39 bits per heavy atom. The number of aliphatic imine (C=N–C) groups is 1. The van der Waals surface area contributed by atoms with E-state index in [9.17, 15) is 8.42 Å². The Hall–Kier alpha value is -0.880. The zero-order valence-corrected chi connectivity index (χ0v) is 21.0. The summed E-state index contributed by atoms with van der Waals surface area (Å²) in [5.41, 5.74) is 2.33. The maximum absolute atomic E-state index is 11.6. The molecule has 1 saturated heterocycles. The zero-order valence-electron chi connectivity index (χ0n) is 17.8. The first-order valence-electron chi connectivity index (χ1n) is 9.51. The maximum Gasteiger partial charge on any atom is 0.211 e. The summed E-state index contributed by atoms with van der Waals surface area (Å²) in [6, 6.07) is 0. The molecule has 0 saturated carbocycles. The van der Waals surface area contributed by atoms with Crippen molar-refractivity contribution in [2.24, 2.45) is 18.0 Å². The predicted molar refractivity (Wildman–Crippen MR) is 125 cm³/mol. The molecule has 1 aliphatic heterocycles. The van der Waals surface area contributed by atoms with Crippen LogP contribution in [0.15, 0.2) is 11.2 Å². The van der Waals surface area contributed by atoms with Crippen LogP contribution < -0.4 is 5.32 Å². The molecule has 10 heteroatoms. The van der Waals surface area contributed by atoms with E-state index >= 15 is 0 Å². The highest BCUT2D eigenvalue weighted by atomic mass is 127. The van der Waals surface area contributed by atoms with Crippen LogP contribution in [0.4, 0.5) is 0 Å². The third kappa shape index (κ3) is 6.87. The topological polar surface area (TPSA) is 82.8 Å². The van der Waals surface area contributed by atoms with Gasteiger partial charge in [0.05, 0.1) is 11.9 Å². The van der Waals surface area contributed by atoms with Crippen LogP contribution in [0.3, 0.4) is 0 Å². The summed E-state index contributed by atoms with van der Waals surface area (Å²) >= 11 is 0. The second-order valence-corrected chi connectivity index (χ2v) is 9.74. The molecule has 0 spiro atoms. The van der Waals surface area contributed by atoms with Gasteiger partial charge in [0.15, 0.2) is 5.96 Å². The number of halogens is 1. The Labute approximate surface area is 186 Å². The van der Waals surface area contributed by atoms with Gasteiger partial charge in [-0.1, -0.05) is 13.8 Å². The van der Waals surface area contributed by atoms with Gasteiger partial charge in [0, 0.05) is 59.1 Å². The number of nitrogens with one attached hydrogen (secondary N) is 1. The molecule has 0 radical (unpaired) electrons. The van der Waals surface area contributed by atoms with Crippen molar-refractivity contribution in [2.45, 2.75) is 39.2 Å². The van der Waals surface area contributed by atoms with Gasteiger partial charge in [0.1, 0.15) is 0 Å². The monoisotopic (exact) mass is 526 g/mol. The number of hydrogen-bond acceptors (Lipinski definition) is 4. The van der Waals surface area contributed by atoms with Gasteiger partial charge < -0.3 is 10.2 Å². The van der Waals surface area contributed by atoms with Crippen LogP contribution >= 0.6 is 24.0 Å². The lowest BCUT2D eigenvalue weighted by Crippen LogP contribution is -2.44. The number of sulfonamides is 1. The Kier molecular flexibility index (Phi) is 9.68. The van der Waals surface area contributed by atoms with Crippen molar-refractivity contribution in [2.75, 3.05) is 40.0 Å². The quantitative estimate of drug-likeness (QED) is 0.348. The normalized spacial score (nSPS) is 16.9. The van der Waals surface area contributed by atoms with Crippen molar-refractivity contribution < 1.29 is 8.42 Å². The molecule has 0 atom stereocenters. The molecule has 1 N–H and O–H groups in total. The molecule has 1 aliphatic rings. The van der Waals surface area contributed by atoms with Crippen LogP contribution in [-0.2, 0) is 23.6 Å². The average molecular weight is 526 g/mol. The van der Waals surface area contributed by atoms with E-state index in [-0.39, 0.29) is 24.0 Å². The fraction of sp³-hybridized carbons (Fsp3) is 0.778. The summed E-state index contributed by atoms with van der Waals surface area (Å²) in [6.45, 7) is 7.07. The van der Waals surface area contributed by atoms with E-state index in [4.69, 9.17) is 0 Å². The summed E-state index contributed by atoms with van der Waals surface area (Å²) in [7, 11) is 2.70. The van der Waals surface area contributed by atoms with Crippen LogP contribution in [0.2, 0.25) is 0 Å². The summed E-state index contributed by atoms with van der Waals surface area (Å²) in [5, 5.41) is 8.02. The van der Waals surface area contributed by atoms with E-state index in [1.54, 1.807) is 11.4 Å². The Balaban J connectivity index is 0.00000392. The first kappa shape index (κ1) is 25.2. The van der Waals surface area contributed by atoms with E-state index in [0.29, 0.717) is 24.9 Å². The zero-order chi connectivity index (χ0) is 20.2. The Morgan fingerprint density at radius 3 is 2.50 bits per heavy atom. The van der Waals surface area contributed by atoms with E-state index < -0.39 is 10.0 Å². The fourth-order valence-electron chi connectivity index (χ4n) is 3.56. The van der Waals surface area contributed by atoms with E-state index in [2.05, 4.69) is 40.4 Å². The lowest BCUT2D eigenvalue weighted by molar-refractivity contribution is 0.273. The molecular weight excluding hydrogens is 491 g/mol. The number of aromatic nitrogens is 2. The molecule has 0 bridgehead atoms. The Bertz CT molecular complexity index is 754. The van der Waals surface area contributed by atoms with E-state index in [1.165, 1.54) is 11.8 Å². The highest BCUT2D eigenvalue weighted by molar-refractivity contribution is 14.0. The Morgan fingerprint density at radius 2 is 2.00 bits per heavy atom. The minimum atomic E-state index is -3.07. The van der Waals surface area contributed by atoms with E-state index in [1.807, 2.05) is 18.8 Å². The van der Waals surface area contributed by atoms with Crippen molar-refractivity contribution in [3.8, 4) is 0 Å². The van der Waals surface area contributed by atoms with Crippen molar-refractivity contribution in [1.82, 2.24) is 24.3 Å². The molecule has 0 aliphatic carbocycles. The van der Waals surface area contributed by atoms with Crippen LogP contribution in [0.25, 0.3) is 0 Å². The lowest BCUT2D eigenvalue weighted by Gasteiger charge is -2.31. The second-order valence-electron chi connectivity index (χ2n) is 7.76.